The van der Waals surface area contributed by atoms with Crippen LogP contribution in [0, 0.1) is 0 Å². The van der Waals surface area contributed by atoms with Crippen LogP contribution in [-0.2, 0) is 12.8 Å². The lowest BCUT2D eigenvalue weighted by Crippen LogP contribution is -2.45. The average molecular weight is 297 g/mol. The van der Waals surface area contributed by atoms with Gasteiger partial charge in [-0.2, -0.15) is 0 Å². The topological polar surface area (TPSA) is 12.0 Å². The molecule has 21 heavy (non-hydrogen) atoms. The molecule has 110 valence electrons. The molecule has 1 atom stereocenters. The fraction of sp³-hybridized carbons (Fsp3) is 0.368. The zero-order valence-electron chi connectivity index (χ0n) is 12.6. The maximum atomic E-state index is 3.91. The lowest BCUT2D eigenvalue weighted by atomic mass is 9.97. The quantitative estimate of drug-likeness (QED) is 0.884. The minimum absolute atomic E-state index is 0.142. The smallest absolute Gasteiger partial charge is 0.0729 e. The Labute approximate surface area is 132 Å². The van der Waals surface area contributed by atoms with Crippen LogP contribution in [0.4, 0.5) is 0 Å². The highest BCUT2D eigenvalue weighted by Gasteiger charge is 2.38. The van der Waals surface area contributed by atoms with Gasteiger partial charge < -0.3 is 0 Å². The molecule has 1 unspecified atom stereocenters. The van der Waals surface area contributed by atoms with E-state index >= 15 is 0 Å². The molecule has 1 aliphatic rings. The van der Waals surface area contributed by atoms with Crippen molar-refractivity contribution in [3.63, 3.8) is 0 Å². The van der Waals surface area contributed by atoms with Crippen LogP contribution in [0.25, 0.3) is 0 Å². The van der Waals surface area contributed by atoms with Gasteiger partial charge >= 0.3 is 0 Å². The van der Waals surface area contributed by atoms with E-state index in [1.807, 2.05) is 0 Å². The van der Waals surface area contributed by atoms with Crippen molar-refractivity contribution < 1.29 is 0 Å². The molecule has 0 aliphatic carbocycles. The van der Waals surface area contributed by atoms with Crippen LogP contribution >= 0.6 is 11.8 Å². The lowest BCUT2D eigenvalue weighted by Gasteiger charge is -2.30. The number of hydrogen-bond donors (Lipinski definition) is 1. The van der Waals surface area contributed by atoms with Crippen LogP contribution in [0.1, 0.15) is 24.5 Å². The van der Waals surface area contributed by atoms with Crippen molar-refractivity contribution in [1.82, 2.24) is 5.32 Å². The van der Waals surface area contributed by atoms with Crippen LogP contribution in [-0.4, -0.2) is 16.7 Å². The first-order valence-electron chi connectivity index (χ1n) is 7.79. The van der Waals surface area contributed by atoms with Crippen LogP contribution in [0.15, 0.2) is 60.7 Å². The van der Waals surface area contributed by atoms with Crippen LogP contribution in [0.2, 0.25) is 0 Å². The lowest BCUT2D eigenvalue weighted by molar-refractivity contribution is 0.425. The summed E-state index contributed by atoms with van der Waals surface area (Å²) < 4.78 is 0. The van der Waals surface area contributed by atoms with Gasteiger partial charge in [0.2, 0.25) is 0 Å². The Bertz CT molecular complexity index is 511. The summed E-state index contributed by atoms with van der Waals surface area (Å²) in [4.78, 5) is 0.142. The predicted octanol–water partition coefficient (Wildman–Crippen LogP) is 4.28. The Balaban J connectivity index is 1.82. The summed E-state index contributed by atoms with van der Waals surface area (Å²) in [5, 5.41) is 3.91. The van der Waals surface area contributed by atoms with E-state index in [2.05, 4.69) is 84.7 Å². The van der Waals surface area contributed by atoms with E-state index in [1.165, 1.54) is 23.3 Å². The second-order valence-corrected chi connectivity index (χ2v) is 7.28. The minimum atomic E-state index is 0.142. The van der Waals surface area contributed by atoms with Crippen LogP contribution in [0.5, 0.6) is 0 Å². The number of nitrogens with one attached hydrogen (secondary N) is 1. The summed E-state index contributed by atoms with van der Waals surface area (Å²) in [7, 11) is 0. The fourth-order valence-corrected chi connectivity index (χ4v) is 4.68. The Morgan fingerprint density at radius 2 is 1.48 bits per heavy atom. The van der Waals surface area contributed by atoms with Gasteiger partial charge in [-0.05, 0) is 17.5 Å². The molecule has 1 N–H and O–H groups in total. The third kappa shape index (κ3) is 3.69. The molecule has 0 aromatic heterocycles. The largest absolute Gasteiger partial charge is 0.299 e. The summed E-state index contributed by atoms with van der Waals surface area (Å²) in [6.45, 7) is 2.28. The van der Waals surface area contributed by atoms with Gasteiger partial charge in [0.1, 0.15) is 0 Å². The second kappa shape index (κ2) is 6.67. The van der Waals surface area contributed by atoms with Gasteiger partial charge in [0.15, 0.2) is 0 Å². The first-order valence-corrected chi connectivity index (χ1v) is 8.78. The minimum Gasteiger partial charge on any atom is -0.299 e. The Kier molecular flexibility index (Phi) is 4.67. The van der Waals surface area contributed by atoms with Gasteiger partial charge in [-0.3, -0.25) is 5.32 Å². The molecule has 1 aliphatic heterocycles. The van der Waals surface area contributed by atoms with Crippen LogP contribution in [0.3, 0.4) is 0 Å². The van der Waals surface area contributed by atoms with Gasteiger partial charge in [0.05, 0.1) is 4.87 Å². The number of benzene rings is 2. The van der Waals surface area contributed by atoms with Crippen molar-refractivity contribution in [2.45, 2.75) is 37.1 Å². The monoisotopic (exact) mass is 297 g/mol. The number of thioether (sulfide) groups is 1. The van der Waals surface area contributed by atoms with E-state index in [0.717, 1.165) is 12.8 Å². The highest BCUT2D eigenvalue weighted by molar-refractivity contribution is 8.00. The summed E-state index contributed by atoms with van der Waals surface area (Å²) in [6.07, 6.45) is 3.38. The molecule has 1 nitrogen and oxygen atoms in total. The van der Waals surface area contributed by atoms with Crippen molar-refractivity contribution in [3.05, 3.63) is 71.8 Å². The predicted molar refractivity (Wildman–Crippen MR) is 92.7 cm³/mol. The zero-order chi connectivity index (χ0) is 14.5. The molecule has 0 spiro atoms. The average Bonchev–Trinajstić information content (AvgIpc) is 2.92. The Morgan fingerprint density at radius 1 is 0.952 bits per heavy atom. The van der Waals surface area contributed by atoms with Crippen molar-refractivity contribution >= 4 is 11.8 Å². The fourth-order valence-electron chi connectivity index (χ4n) is 3.05. The van der Waals surface area contributed by atoms with Gasteiger partial charge in [0.25, 0.3) is 0 Å². The molecule has 1 heterocycles. The molecule has 3 rings (SSSR count). The summed E-state index contributed by atoms with van der Waals surface area (Å²) in [5.41, 5.74) is 2.84. The molecule has 2 aromatic rings. The second-order valence-electron chi connectivity index (χ2n) is 5.88. The molecule has 1 fully saturated rings. The van der Waals surface area contributed by atoms with E-state index in [-0.39, 0.29) is 4.87 Å². The summed E-state index contributed by atoms with van der Waals surface area (Å²) >= 11 is 2.10. The van der Waals surface area contributed by atoms with Crippen LogP contribution < -0.4 is 5.32 Å². The molecule has 1 saturated heterocycles. The Morgan fingerprint density at radius 3 is 1.90 bits per heavy atom. The van der Waals surface area contributed by atoms with Gasteiger partial charge in [-0.15, -0.1) is 11.8 Å². The number of rotatable bonds is 5. The molecule has 2 heteroatoms. The molecule has 2 aromatic carbocycles. The third-order valence-corrected chi connectivity index (χ3v) is 5.71. The van der Waals surface area contributed by atoms with E-state index in [9.17, 15) is 0 Å². The Hall–Kier alpha value is -1.25. The molecule has 0 bridgehead atoms. The summed E-state index contributed by atoms with van der Waals surface area (Å²) in [6, 6.07) is 22.4. The molecular weight excluding hydrogens is 274 g/mol. The van der Waals surface area contributed by atoms with Gasteiger partial charge in [-0.25, -0.2) is 0 Å². The van der Waals surface area contributed by atoms with Crippen molar-refractivity contribution in [1.29, 1.82) is 0 Å². The van der Waals surface area contributed by atoms with Crippen molar-refractivity contribution in [2.75, 3.05) is 5.75 Å². The van der Waals surface area contributed by atoms with Crippen molar-refractivity contribution in [3.8, 4) is 0 Å². The van der Waals surface area contributed by atoms with E-state index in [0.29, 0.717) is 6.04 Å². The molecule has 0 amide bonds. The number of hydrogen-bond acceptors (Lipinski definition) is 2. The molecule has 0 saturated carbocycles. The van der Waals surface area contributed by atoms with Crippen molar-refractivity contribution in [2.24, 2.45) is 0 Å². The van der Waals surface area contributed by atoms with E-state index in [4.69, 9.17) is 0 Å². The standard InChI is InChI=1S/C19H23NS/c1-2-18-15-21-19(20-18,13-16-9-5-3-6-10-16)14-17-11-7-4-8-12-17/h3-12,18,20H,2,13-15H2,1H3. The molecular formula is C19H23NS. The first kappa shape index (κ1) is 14.7. The third-order valence-electron chi connectivity index (χ3n) is 4.19. The highest BCUT2D eigenvalue weighted by atomic mass is 32.2. The SMILES string of the molecule is CCC1CSC(Cc2ccccc2)(Cc2ccccc2)N1. The maximum Gasteiger partial charge on any atom is 0.0729 e. The summed E-state index contributed by atoms with van der Waals surface area (Å²) in [5.74, 6) is 1.22. The van der Waals surface area contributed by atoms with E-state index < -0.39 is 0 Å². The highest BCUT2D eigenvalue weighted by Crippen LogP contribution is 2.37. The molecule has 0 radical (unpaired) electrons. The zero-order valence-corrected chi connectivity index (χ0v) is 13.4. The normalized spacial score (nSPS) is 20.5. The first-order chi connectivity index (χ1) is 10.3. The maximum absolute atomic E-state index is 3.91. The van der Waals surface area contributed by atoms with Gasteiger partial charge in [0, 0.05) is 24.6 Å². The van der Waals surface area contributed by atoms with E-state index in [1.54, 1.807) is 0 Å². The van der Waals surface area contributed by atoms with Gasteiger partial charge in [-0.1, -0.05) is 67.6 Å².